The molecule has 1 fully saturated rings. The van der Waals surface area contributed by atoms with Crippen molar-refractivity contribution in [1.82, 2.24) is 10.3 Å². The highest BCUT2D eigenvalue weighted by Gasteiger charge is 2.40. The summed E-state index contributed by atoms with van der Waals surface area (Å²) in [5, 5.41) is 0. The van der Waals surface area contributed by atoms with Crippen molar-refractivity contribution in [3.05, 3.63) is 0 Å². The summed E-state index contributed by atoms with van der Waals surface area (Å²) in [4.78, 5) is 14.2. The third-order valence-electron chi connectivity index (χ3n) is 4.40. The fourth-order valence-corrected chi connectivity index (χ4v) is 3.01. The van der Waals surface area contributed by atoms with E-state index in [1.165, 1.54) is 19.3 Å². The van der Waals surface area contributed by atoms with Gasteiger partial charge in [0.25, 0.3) is 5.91 Å². The van der Waals surface area contributed by atoms with Gasteiger partial charge in [-0.25, -0.2) is 5.84 Å². The van der Waals surface area contributed by atoms with Crippen LogP contribution >= 0.6 is 0 Å². The Morgan fingerprint density at radius 1 is 1.41 bits per heavy atom. The zero-order valence-corrected chi connectivity index (χ0v) is 11.6. The molecule has 0 aromatic carbocycles. The van der Waals surface area contributed by atoms with Gasteiger partial charge >= 0.3 is 0 Å². The fraction of sp³-hybridized carbons (Fsp3) is 0.923. The van der Waals surface area contributed by atoms with Gasteiger partial charge in [-0.3, -0.25) is 15.1 Å². The highest BCUT2D eigenvalue weighted by atomic mass is 16.2. The van der Waals surface area contributed by atoms with E-state index in [0.29, 0.717) is 11.3 Å². The molecule has 3 N–H and O–H groups in total. The summed E-state index contributed by atoms with van der Waals surface area (Å²) in [7, 11) is 0. The standard InChI is InChI=1S/C13H27N3O/c1-5-13(6-2)7-8-16(9-13)11(10(3)4)12(17)15-14/h10-11H,5-9,14H2,1-4H3,(H,15,17). The van der Waals surface area contributed by atoms with Crippen LogP contribution in [-0.4, -0.2) is 29.9 Å². The van der Waals surface area contributed by atoms with Crippen LogP contribution in [0.25, 0.3) is 0 Å². The summed E-state index contributed by atoms with van der Waals surface area (Å²) < 4.78 is 0. The lowest BCUT2D eigenvalue weighted by Gasteiger charge is -2.32. The van der Waals surface area contributed by atoms with Gasteiger partial charge in [-0.1, -0.05) is 27.7 Å². The van der Waals surface area contributed by atoms with Crippen LogP contribution in [0.5, 0.6) is 0 Å². The molecular formula is C13H27N3O. The van der Waals surface area contributed by atoms with Crippen molar-refractivity contribution in [2.75, 3.05) is 13.1 Å². The predicted molar refractivity (Wildman–Crippen MR) is 70.2 cm³/mol. The monoisotopic (exact) mass is 241 g/mol. The molecule has 1 rings (SSSR count). The minimum absolute atomic E-state index is 0.0528. The van der Waals surface area contributed by atoms with E-state index in [9.17, 15) is 4.79 Å². The minimum atomic E-state index is -0.0834. The van der Waals surface area contributed by atoms with Crippen LogP contribution in [0.1, 0.15) is 47.0 Å². The fourth-order valence-electron chi connectivity index (χ4n) is 3.01. The Balaban J connectivity index is 2.76. The summed E-state index contributed by atoms with van der Waals surface area (Å²) >= 11 is 0. The lowest BCUT2D eigenvalue weighted by atomic mass is 9.82. The Morgan fingerprint density at radius 3 is 2.35 bits per heavy atom. The third-order valence-corrected chi connectivity index (χ3v) is 4.40. The van der Waals surface area contributed by atoms with Crippen molar-refractivity contribution in [3.63, 3.8) is 0 Å². The maximum absolute atomic E-state index is 11.9. The second kappa shape index (κ2) is 5.83. The molecule has 0 aromatic heterocycles. The molecule has 1 aliphatic heterocycles. The van der Waals surface area contributed by atoms with Gasteiger partial charge in [0.2, 0.25) is 0 Å². The number of hydrogen-bond acceptors (Lipinski definition) is 3. The van der Waals surface area contributed by atoms with Crippen molar-refractivity contribution in [1.29, 1.82) is 0 Å². The van der Waals surface area contributed by atoms with Gasteiger partial charge < -0.3 is 0 Å². The van der Waals surface area contributed by atoms with Gasteiger partial charge in [-0.2, -0.15) is 0 Å². The van der Waals surface area contributed by atoms with Gasteiger partial charge in [-0.15, -0.1) is 0 Å². The van der Waals surface area contributed by atoms with E-state index in [4.69, 9.17) is 5.84 Å². The Kier molecular flexibility index (Phi) is 4.95. The first-order chi connectivity index (χ1) is 7.99. The number of amides is 1. The van der Waals surface area contributed by atoms with E-state index in [1.807, 2.05) is 0 Å². The van der Waals surface area contributed by atoms with Crippen molar-refractivity contribution < 1.29 is 4.79 Å². The van der Waals surface area contributed by atoms with E-state index in [1.54, 1.807) is 0 Å². The topological polar surface area (TPSA) is 58.4 Å². The zero-order valence-electron chi connectivity index (χ0n) is 11.6. The molecule has 0 aromatic rings. The normalized spacial score (nSPS) is 21.8. The summed E-state index contributed by atoms with van der Waals surface area (Å²) in [6.07, 6.45) is 3.57. The number of carbonyl (C=O) groups excluding carboxylic acids is 1. The van der Waals surface area contributed by atoms with Crippen LogP contribution < -0.4 is 11.3 Å². The first-order valence-corrected chi connectivity index (χ1v) is 6.74. The molecule has 0 spiro atoms. The highest BCUT2D eigenvalue weighted by Crippen LogP contribution is 2.38. The molecule has 1 aliphatic rings. The molecule has 1 heterocycles. The van der Waals surface area contributed by atoms with E-state index >= 15 is 0 Å². The first kappa shape index (κ1) is 14.5. The summed E-state index contributed by atoms with van der Waals surface area (Å²) in [6.45, 7) is 10.7. The molecule has 1 amide bonds. The molecular weight excluding hydrogens is 214 g/mol. The van der Waals surface area contributed by atoms with Crippen LogP contribution in [0.2, 0.25) is 0 Å². The van der Waals surface area contributed by atoms with Crippen LogP contribution in [0.15, 0.2) is 0 Å². The number of likely N-dealkylation sites (tertiary alicyclic amines) is 1. The predicted octanol–water partition coefficient (Wildman–Crippen LogP) is 1.51. The average molecular weight is 241 g/mol. The van der Waals surface area contributed by atoms with Gasteiger partial charge in [0.15, 0.2) is 0 Å². The molecule has 4 nitrogen and oxygen atoms in total. The lowest BCUT2D eigenvalue weighted by Crippen LogP contribution is -2.51. The molecule has 17 heavy (non-hydrogen) atoms. The Bertz CT molecular complexity index is 261. The smallest absolute Gasteiger partial charge is 0.251 e. The number of nitrogens with one attached hydrogen (secondary N) is 1. The summed E-state index contributed by atoms with van der Waals surface area (Å²) in [5.74, 6) is 5.53. The van der Waals surface area contributed by atoms with Crippen LogP contribution in [0, 0.1) is 11.3 Å². The highest BCUT2D eigenvalue weighted by molar-refractivity contribution is 5.81. The second-order valence-corrected chi connectivity index (χ2v) is 5.63. The number of carbonyl (C=O) groups is 1. The molecule has 1 saturated heterocycles. The second-order valence-electron chi connectivity index (χ2n) is 5.63. The number of hydrazine groups is 1. The summed E-state index contributed by atoms with van der Waals surface area (Å²) in [5.41, 5.74) is 2.71. The molecule has 4 heteroatoms. The first-order valence-electron chi connectivity index (χ1n) is 6.74. The van der Waals surface area contributed by atoms with Gasteiger partial charge in [-0.05, 0) is 37.1 Å². The number of rotatable bonds is 5. The van der Waals surface area contributed by atoms with Crippen molar-refractivity contribution in [3.8, 4) is 0 Å². The van der Waals surface area contributed by atoms with Crippen LogP contribution in [0.3, 0.4) is 0 Å². The minimum Gasteiger partial charge on any atom is -0.293 e. The van der Waals surface area contributed by atoms with Crippen molar-refractivity contribution >= 4 is 5.91 Å². The third kappa shape index (κ3) is 2.99. The molecule has 100 valence electrons. The Morgan fingerprint density at radius 2 is 2.00 bits per heavy atom. The van der Waals surface area contributed by atoms with Gasteiger partial charge in [0, 0.05) is 6.54 Å². The van der Waals surface area contributed by atoms with E-state index in [0.717, 1.165) is 13.1 Å². The van der Waals surface area contributed by atoms with Crippen LogP contribution in [0.4, 0.5) is 0 Å². The van der Waals surface area contributed by atoms with E-state index in [2.05, 4.69) is 38.0 Å². The SMILES string of the molecule is CCC1(CC)CCN(C(C(=O)NN)C(C)C)C1. The van der Waals surface area contributed by atoms with E-state index < -0.39 is 0 Å². The lowest BCUT2D eigenvalue weighted by molar-refractivity contribution is -0.127. The van der Waals surface area contributed by atoms with Crippen LogP contribution in [-0.2, 0) is 4.79 Å². The Hall–Kier alpha value is -0.610. The number of nitrogens with two attached hydrogens (primary N) is 1. The van der Waals surface area contributed by atoms with Crippen molar-refractivity contribution in [2.45, 2.75) is 53.0 Å². The summed E-state index contributed by atoms with van der Waals surface area (Å²) in [6, 6.07) is -0.0834. The molecule has 0 aliphatic carbocycles. The molecule has 0 bridgehead atoms. The Labute approximate surface area is 105 Å². The molecule has 0 saturated carbocycles. The number of nitrogens with zero attached hydrogens (tertiary/aromatic N) is 1. The largest absolute Gasteiger partial charge is 0.293 e. The molecule has 0 radical (unpaired) electrons. The van der Waals surface area contributed by atoms with Gasteiger partial charge in [0.05, 0.1) is 6.04 Å². The maximum Gasteiger partial charge on any atom is 0.251 e. The van der Waals surface area contributed by atoms with Gasteiger partial charge in [0.1, 0.15) is 0 Å². The quantitative estimate of drug-likeness (QED) is 0.436. The molecule has 1 unspecified atom stereocenters. The average Bonchev–Trinajstić information content (AvgIpc) is 2.73. The van der Waals surface area contributed by atoms with Crippen molar-refractivity contribution in [2.24, 2.45) is 17.2 Å². The zero-order chi connectivity index (χ0) is 13.1. The van der Waals surface area contributed by atoms with E-state index in [-0.39, 0.29) is 11.9 Å². The maximum atomic E-state index is 11.9. The molecule has 1 atom stereocenters. The number of hydrogen-bond donors (Lipinski definition) is 2.